The maximum atomic E-state index is 12.6. The van der Waals surface area contributed by atoms with Gasteiger partial charge in [0.25, 0.3) is 5.91 Å². The highest BCUT2D eigenvalue weighted by Crippen LogP contribution is 2.23. The van der Waals surface area contributed by atoms with E-state index in [0.29, 0.717) is 23.1 Å². The summed E-state index contributed by atoms with van der Waals surface area (Å²) in [4.78, 5) is 21.5. The molecule has 0 aliphatic rings. The number of carbonyl (C=O) groups excluding carboxylic acids is 1. The van der Waals surface area contributed by atoms with E-state index in [1.54, 1.807) is 4.68 Å². The number of thioether (sulfide) groups is 1. The summed E-state index contributed by atoms with van der Waals surface area (Å²) in [5.74, 6) is 0.274. The van der Waals surface area contributed by atoms with Crippen molar-refractivity contribution in [3.63, 3.8) is 0 Å². The fourth-order valence-electron chi connectivity index (χ4n) is 2.71. The average molecular weight is 397 g/mol. The van der Waals surface area contributed by atoms with Crippen LogP contribution in [0.4, 0.5) is 0 Å². The van der Waals surface area contributed by atoms with E-state index >= 15 is 0 Å². The van der Waals surface area contributed by atoms with Crippen molar-refractivity contribution in [3.05, 3.63) is 58.7 Å². The van der Waals surface area contributed by atoms with Crippen LogP contribution < -0.4 is 5.32 Å². The van der Waals surface area contributed by atoms with Gasteiger partial charge in [-0.15, -0.1) is 5.10 Å². The van der Waals surface area contributed by atoms with E-state index in [4.69, 9.17) is 0 Å². The van der Waals surface area contributed by atoms with Crippen LogP contribution in [0, 0.1) is 20.8 Å². The summed E-state index contributed by atoms with van der Waals surface area (Å²) in [6.45, 7) is 8.53. The molecule has 28 heavy (non-hydrogen) atoms. The molecular weight excluding hydrogens is 372 g/mol. The summed E-state index contributed by atoms with van der Waals surface area (Å²) < 4.78 is 1.72. The minimum Gasteiger partial charge on any atom is -0.351 e. The maximum absolute atomic E-state index is 12.6. The second-order valence-corrected chi connectivity index (χ2v) is 7.55. The summed E-state index contributed by atoms with van der Waals surface area (Å²) in [6, 6.07) is 9.90. The Kier molecular flexibility index (Phi) is 6.41. The van der Waals surface area contributed by atoms with Gasteiger partial charge in [-0.05, 0) is 45.4 Å². The van der Waals surface area contributed by atoms with Gasteiger partial charge in [-0.2, -0.15) is 0 Å². The van der Waals surface area contributed by atoms with Gasteiger partial charge in [-0.1, -0.05) is 41.6 Å². The largest absolute Gasteiger partial charge is 0.351 e. The summed E-state index contributed by atoms with van der Waals surface area (Å²) in [7, 11) is 0. The molecule has 0 spiro atoms. The van der Waals surface area contributed by atoms with Crippen LogP contribution in [0.2, 0.25) is 0 Å². The van der Waals surface area contributed by atoms with Crippen LogP contribution in [0.1, 0.15) is 46.5 Å². The fraction of sp³-hybridized carbons (Fsp3) is 0.350. The number of hydrogen-bond donors (Lipinski definition) is 1. The van der Waals surface area contributed by atoms with E-state index < -0.39 is 0 Å². The molecular formula is C20H24N6OS. The van der Waals surface area contributed by atoms with Crippen molar-refractivity contribution in [1.29, 1.82) is 0 Å². The lowest BCUT2D eigenvalue weighted by Gasteiger charge is -2.09. The Labute approximate surface area is 169 Å². The topological polar surface area (TPSA) is 85.6 Å². The Morgan fingerprint density at radius 1 is 1.11 bits per heavy atom. The smallest absolute Gasteiger partial charge is 0.273 e. The van der Waals surface area contributed by atoms with Gasteiger partial charge in [-0.3, -0.25) is 4.79 Å². The molecule has 0 aliphatic heterocycles. The predicted octanol–water partition coefficient (Wildman–Crippen LogP) is 3.41. The molecule has 1 N–H and O–H groups in total. The first-order valence-electron chi connectivity index (χ1n) is 9.23. The van der Waals surface area contributed by atoms with E-state index in [0.717, 1.165) is 34.8 Å². The highest BCUT2D eigenvalue weighted by Gasteiger charge is 2.21. The molecule has 0 saturated heterocycles. The van der Waals surface area contributed by atoms with Gasteiger partial charge in [0.2, 0.25) is 0 Å². The molecule has 0 unspecified atom stereocenters. The fourth-order valence-corrected chi connectivity index (χ4v) is 3.66. The summed E-state index contributed by atoms with van der Waals surface area (Å²) in [5, 5.41) is 12.0. The SMILES string of the molecule is CCCNC(=O)c1nnn(-c2ccc(C)cc2)c1CSc1nc(C)cc(C)n1. The number of hydrogen-bond acceptors (Lipinski definition) is 6. The number of carbonyl (C=O) groups is 1. The van der Waals surface area contributed by atoms with Gasteiger partial charge >= 0.3 is 0 Å². The number of aromatic nitrogens is 5. The summed E-state index contributed by atoms with van der Waals surface area (Å²) >= 11 is 1.47. The third-order valence-electron chi connectivity index (χ3n) is 4.09. The Bertz CT molecular complexity index is 947. The second-order valence-electron chi connectivity index (χ2n) is 6.61. The van der Waals surface area contributed by atoms with E-state index in [2.05, 4.69) is 25.6 Å². The zero-order chi connectivity index (χ0) is 20.1. The van der Waals surface area contributed by atoms with E-state index in [9.17, 15) is 4.79 Å². The molecule has 2 heterocycles. The molecule has 146 valence electrons. The predicted molar refractivity (Wildman–Crippen MR) is 110 cm³/mol. The number of aryl methyl sites for hydroxylation is 3. The molecule has 0 saturated carbocycles. The monoisotopic (exact) mass is 396 g/mol. The normalized spacial score (nSPS) is 10.9. The average Bonchev–Trinajstić information content (AvgIpc) is 3.08. The van der Waals surface area contributed by atoms with Crippen LogP contribution in [0.15, 0.2) is 35.5 Å². The second kappa shape index (κ2) is 8.97. The highest BCUT2D eigenvalue weighted by molar-refractivity contribution is 7.98. The van der Waals surface area contributed by atoms with Crippen molar-refractivity contribution in [2.45, 2.75) is 45.0 Å². The zero-order valence-electron chi connectivity index (χ0n) is 16.6. The third-order valence-corrected chi connectivity index (χ3v) is 4.95. The minimum atomic E-state index is -0.211. The number of rotatable bonds is 7. The lowest BCUT2D eigenvalue weighted by atomic mass is 10.2. The molecule has 0 radical (unpaired) electrons. The number of nitrogens with zero attached hydrogens (tertiary/aromatic N) is 5. The Morgan fingerprint density at radius 3 is 2.43 bits per heavy atom. The molecule has 0 atom stereocenters. The van der Waals surface area contributed by atoms with Crippen molar-refractivity contribution in [3.8, 4) is 5.69 Å². The molecule has 0 fully saturated rings. The quantitative estimate of drug-likeness (QED) is 0.486. The zero-order valence-corrected chi connectivity index (χ0v) is 17.4. The molecule has 3 rings (SSSR count). The van der Waals surface area contributed by atoms with Gasteiger partial charge in [-0.25, -0.2) is 14.6 Å². The first-order chi connectivity index (χ1) is 13.5. The van der Waals surface area contributed by atoms with E-state index in [-0.39, 0.29) is 5.91 Å². The van der Waals surface area contributed by atoms with E-state index in [1.165, 1.54) is 11.8 Å². The molecule has 1 aromatic carbocycles. The van der Waals surface area contributed by atoms with E-state index in [1.807, 2.05) is 58.0 Å². The van der Waals surface area contributed by atoms with Crippen LogP contribution in [0.5, 0.6) is 0 Å². The Hall–Kier alpha value is -2.74. The number of amides is 1. The first kappa shape index (κ1) is 20.0. The highest BCUT2D eigenvalue weighted by atomic mass is 32.2. The lowest BCUT2D eigenvalue weighted by molar-refractivity contribution is 0.0948. The lowest BCUT2D eigenvalue weighted by Crippen LogP contribution is -2.25. The number of benzene rings is 1. The summed E-state index contributed by atoms with van der Waals surface area (Å²) in [6.07, 6.45) is 0.859. The van der Waals surface area contributed by atoms with Gasteiger partial charge < -0.3 is 5.32 Å². The maximum Gasteiger partial charge on any atom is 0.273 e. The van der Waals surface area contributed by atoms with Gasteiger partial charge in [0.15, 0.2) is 10.9 Å². The van der Waals surface area contributed by atoms with Gasteiger partial charge in [0, 0.05) is 23.7 Å². The molecule has 3 aromatic rings. The Morgan fingerprint density at radius 2 is 1.79 bits per heavy atom. The minimum absolute atomic E-state index is 0.211. The standard InChI is InChI=1S/C20H24N6OS/c1-5-10-21-19(27)18-17(12-28-20-22-14(3)11-15(4)23-20)26(25-24-18)16-8-6-13(2)7-9-16/h6-9,11H,5,10,12H2,1-4H3,(H,21,27). The molecule has 0 aliphatic carbocycles. The van der Waals surface area contributed by atoms with Crippen molar-refractivity contribution < 1.29 is 4.79 Å². The molecule has 8 heteroatoms. The number of nitrogens with one attached hydrogen (secondary N) is 1. The third kappa shape index (κ3) is 4.75. The van der Waals surface area contributed by atoms with Gasteiger partial charge in [0.1, 0.15) is 0 Å². The van der Waals surface area contributed by atoms with Crippen molar-refractivity contribution in [1.82, 2.24) is 30.3 Å². The summed E-state index contributed by atoms with van der Waals surface area (Å²) in [5.41, 5.74) is 4.92. The van der Waals surface area contributed by atoms with Crippen molar-refractivity contribution in [2.24, 2.45) is 0 Å². The van der Waals surface area contributed by atoms with Gasteiger partial charge in [0.05, 0.1) is 11.4 Å². The molecule has 2 aromatic heterocycles. The van der Waals surface area contributed by atoms with Crippen LogP contribution in [-0.2, 0) is 5.75 Å². The Balaban J connectivity index is 1.93. The van der Waals surface area contributed by atoms with Crippen LogP contribution >= 0.6 is 11.8 Å². The molecule has 1 amide bonds. The van der Waals surface area contributed by atoms with Crippen LogP contribution in [0.3, 0.4) is 0 Å². The van der Waals surface area contributed by atoms with Crippen molar-refractivity contribution >= 4 is 17.7 Å². The van der Waals surface area contributed by atoms with Crippen LogP contribution in [0.25, 0.3) is 5.69 Å². The van der Waals surface area contributed by atoms with Crippen molar-refractivity contribution in [2.75, 3.05) is 6.54 Å². The molecule has 0 bridgehead atoms. The molecule has 7 nitrogen and oxygen atoms in total. The van der Waals surface area contributed by atoms with Crippen LogP contribution in [-0.4, -0.2) is 37.4 Å². The first-order valence-corrected chi connectivity index (χ1v) is 10.2.